The number of rotatable bonds is 6. The molecule has 0 saturated carbocycles. The summed E-state index contributed by atoms with van der Waals surface area (Å²) in [5.41, 5.74) is 3.76. The van der Waals surface area contributed by atoms with Gasteiger partial charge in [-0.1, -0.05) is 17.7 Å². The van der Waals surface area contributed by atoms with E-state index in [4.69, 9.17) is 11.6 Å². The molecule has 0 aliphatic carbocycles. The van der Waals surface area contributed by atoms with Gasteiger partial charge >= 0.3 is 0 Å². The van der Waals surface area contributed by atoms with E-state index in [1.807, 2.05) is 18.2 Å². The molecule has 0 bridgehead atoms. The molecule has 2 aliphatic rings. The quantitative estimate of drug-likeness (QED) is 0.226. The van der Waals surface area contributed by atoms with Gasteiger partial charge in [-0.25, -0.2) is 18.7 Å². The Morgan fingerprint density at radius 3 is 2.71 bits per heavy atom. The van der Waals surface area contributed by atoms with Gasteiger partial charge in [0.2, 0.25) is 0 Å². The SMILES string of the molecule is Cl.O=C(Nc1nccs1)C(c1ncn2c1C[C@@H](F)C2)n1cc2c(F)cc(-c3ccc(N4CCCCC4)c(Cl)c3)cc2n1. The van der Waals surface area contributed by atoms with E-state index < -0.39 is 23.9 Å². The first kappa shape index (κ1) is 28.6. The highest BCUT2D eigenvalue weighted by Crippen LogP contribution is 2.35. The molecule has 0 spiro atoms. The topological polar surface area (TPSA) is 80.9 Å². The second kappa shape index (κ2) is 11.6. The molecule has 1 amide bonds. The molecule has 3 aromatic heterocycles. The number of thiazole rings is 1. The fourth-order valence-corrected chi connectivity index (χ4v) is 6.66. The summed E-state index contributed by atoms with van der Waals surface area (Å²) in [6.45, 7) is 2.13. The van der Waals surface area contributed by atoms with E-state index in [0.717, 1.165) is 37.2 Å². The molecule has 7 rings (SSSR count). The molecule has 2 aromatic carbocycles. The molecule has 1 saturated heterocycles. The Morgan fingerprint density at radius 1 is 1.12 bits per heavy atom. The largest absolute Gasteiger partial charge is 0.370 e. The van der Waals surface area contributed by atoms with Crippen molar-refractivity contribution in [3.8, 4) is 11.1 Å². The lowest BCUT2D eigenvalue weighted by atomic mass is 10.0. The predicted molar refractivity (Wildman–Crippen MR) is 163 cm³/mol. The van der Waals surface area contributed by atoms with E-state index in [0.29, 0.717) is 32.6 Å². The van der Waals surface area contributed by atoms with E-state index >= 15 is 4.39 Å². The van der Waals surface area contributed by atoms with Gasteiger partial charge in [0.25, 0.3) is 5.91 Å². The molecule has 13 heteroatoms. The van der Waals surface area contributed by atoms with Crippen molar-refractivity contribution in [2.45, 2.75) is 44.4 Å². The molecule has 1 unspecified atom stereocenters. The zero-order valence-electron chi connectivity index (χ0n) is 22.3. The van der Waals surface area contributed by atoms with Gasteiger partial charge in [-0.2, -0.15) is 5.10 Å². The Labute approximate surface area is 255 Å². The van der Waals surface area contributed by atoms with Crippen molar-refractivity contribution < 1.29 is 13.6 Å². The van der Waals surface area contributed by atoms with Crippen LogP contribution >= 0.6 is 35.3 Å². The lowest BCUT2D eigenvalue weighted by molar-refractivity contribution is -0.118. The molecule has 2 atom stereocenters. The number of hydrogen-bond acceptors (Lipinski definition) is 6. The lowest BCUT2D eigenvalue weighted by Gasteiger charge is -2.29. The van der Waals surface area contributed by atoms with Gasteiger partial charge in [0.1, 0.15) is 12.0 Å². The van der Waals surface area contributed by atoms with Gasteiger partial charge in [0.05, 0.1) is 40.2 Å². The first-order valence-corrected chi connectivity index (χ1v) is 14.8. The Morgan fingerprint density at radius 2 is 1.95 bits per heavy atom. The Bertz CT molecular complexity index is 1750. The molecule has 1 fully saturated rings. The molecular weight excluding hydrogens is 603 g/mol. The number of nitrogens with one attached hydrogen (secondary N) is 1. The average molecular weight is 631 g/mol. The first-order chi connectivity index (χ1) is 19.9. The third-order valence-electron chi connectivity index (χ3n) is 7.79. The molecule has 5 heterocycles. The summed E-state index contributed by atoms with van der Waals surface area (Å²) in [7, 11) is 0. The van der Waals surface area contributed by atoms with Gasteiger partial charge in [-0.05, 0) is 54.7 Å². The van der Waals surface area contributed by atoms with Crippen molar-refractivity contribution in [3.05, 3.63) is 76.7 Å². The zero-order chi connectivity index (χ0) is 28.1. The van der Waals surface area contributed by atoms with Crippen LogP contribution < -0.4 is 10.2 Å². The van der Waals surface area contributed by atoms with E-state index in [1.165, 1.54) is 41.0 Å². The number of amides is 1. The second-order valence-corrected chi connectivity index (χ2v) is 11.8. The van der Waals surface area contributed by atoms with Gasteiger partial charge in [0, 0.05) is 43.0 Å². The van der Waals surface area contributed by atoms with Crippen LogP contribution in [0.1, 0.15) is 36.7 Å². The second-order valence-electron chi connectivity index (χ2n) is 10.5. The third kappa shape index (κ3) is 5.25. The third-order valence-corrected chi connectivity index (χ3v) is 8.78. The number of imidazole rings is 1. The number of halogens is 4. The van der Waals surface area contributed by atoms with Crippen LogP contribution in [0.4, 0.5) is 19.6 Å². The lowest BCUT2D eigenvalue weighted by Crippen LogP contribution is -2.29. The summed E-state index contributed by atoms with van der Waals surface area (Å²) >= 11 is 7.96. The summed E-state index contributed by atoms with van der Waals surface area (Å²) in [4.78, 5) is 24.5. The van der Waals surface area contributed by atoms with E-state index in [9.17, 15) is 9.18 Å². The zero-order valence-corrected chi connectivity index (χ0v) is 24.7. The van der Waals surface area contributed by atoms with Gasteiger partial charge in [0.15, 0.2) is 11.2 Å². The highest BCUT2D eigenvalue weighted by Gasteiger charge is 2.34. The van der Waals surface area contributed by atoms with Crippen LogP contribution in [0, 0.1) is 5.82 Å². The number of piperidine rings is 1. The van der Waals surface area contributed by atoms with E-state index in [1.54, 1.807) is 22.2 Å². The van der Waals surface area contributed by atoms with Crippen LogP contribution in [-0.4, -0.2) is 49.5 Å². The average Bonchev–Trinajstić information content (AvgIpc) is 3.76. The van der Waals surface area contributed by atoms with Crippen LogP contribution in [0.3, 0.4) is 0 Å². The number of aromatic nitrogens is 5. The molecule has 8 nitrogen and oxygen atoms in total. The van der Waals surface area contributed by atoms with Crippen LogP contribution in [0.25, 0.3) is 22.0 Å². The predicted octanol–water partition coefficient (Wildman–Crippen LogP) is 6.68. The van der Waals surface area contributed by atoms with Crippen molar-refractivity contribution >= 4 is 63.0 Å². The molecule has 5 aromatic rings. The van der Waals surface area contributed by atoms with Crippen LogP contribution in [0.15, 0.2) is 54.4 Å². The number of nitrogens with zero attached hydrogens (tertiary/aromatic N) is 6. The molecule has 2 aliphatic heterocycles. The van der Waals surface area contributed by atoms with Crippen molar-refractivity contribution in [2.75, 3.05) is 23.3 Å². The Hall–Kier alpha value is -3.54. The minimum absolute atomic E-state index is 0. The summed E-state index contributed by atoms with van der Waals surface area (Å²) < 4.78 is 32.9. The number of benzene rings is 2. The number of anilines is 2. The normalized spacial score (nSPS) is 17.2. The molecule has 218 valence electrons. The summed E-state index contributed by atoms with van der Waals surface area (Å²) in [5, 5.41) is 10.5. The molecule has 0 radical (unpaired) electrons. The van der Waals surface area contributed by atoms with E-state index in [2.05, 4.69) is 25.3 Å². The fourth-order valence-electron chi connectivity index (χ4n) is 5.82. The number of carbonyl (C=O) groups is 1. The fraction of sp³-hybridized carbons (Fsp3) is 0.310. The molecule has 1 N–H and O–H groups in total. The van der Waals surface area contributed by atoms with Gasteiger partial charge in [-0.3, -0.25) is 14.8 Å². The van der Waals surface area contributed by atoms with Gasteiger partial charge < -0.3 is 9.47 Å². The minimum atomic E-state index is -1.06. The summed E-state index contributed by atoms with van der Waals surface area (Å²) in [6.07, 6.45) is 7.22. The summed E-state index contributed by atoms with van der Waals surface area (Å²) in [5.74, 6) is -0.921. The standard InChI is InChI=1S/C29H26ClF2N7OS.ClH/c30-21-10-17(4-5-24(21)37-7-2-1-3-8-37)18-11-22(32)20-15-39(36-23(20)12-18)27(28(40)35-29-33-6-9-41-29)26-25-13-19(31)14-38(25)16-34-26;/h4-6,9-12,15-16,19,27H,1-3,7-8,13-14H2,(H,33,35,40);1H/t19-,27?;/m1./s1. The van der Waals surface area contributed by atoms with Crippen molar-refractivity contribution in [1.82, 2.24) is 24.3 Å². The Balaban J connectivity index is 0.00000316. The van der Waals surface area contributed by atoms with E-state index in [-0.39, 0.29) is 30.8 Å². The highest BCUT2D eigenvalue weighted by atomic mass is 35.5. The van der Waals surface area contributed by atoms with Crippen molar-refractivity contribution in [3.63, 3.8) is 0 Å². The monoisotopic (exact) mass is 629 g/mol. The smallest absolute Gasteiger partial charge is 0.257 e. The highest BCUT2D eigenvalue weighted by molar-refractivity contribution is 7.13. The van der Waals surface area contributed by atoms with Crippen LogP contribution in [-0.2, 0) is 17.8 Å². The molecule has 42 heavy (non-hydrogen) atoms. The number of fused-ring (bicyclic) bond motifs is 2. The van der Waals surface area contributed by atoms with Crippen LogP contribution in [0.5, 0.6) is 0 Å². The maximum absolute atomic E-state index is 15.5. The van der Waals surface area contributed by atoms with Crippen molar-refractivity contribution in [2.24, 2.45) is 0 Å². The van der Waals surface area contributed by atoms with Gasteiger partial charge in [-0.15, -0.1) is 23.7 Å². The maximum Gasteiger partial charge on any atom is 0.257 e. The minimum Gasteiger partial charge on any atom is -0.370 e. The maximum atomic E-state index is 15.5. The first-order valence-electron chi connectivity index (χ1n) is 13.6. The molecular formula is C29H27Cl2F2N7OS. The summed E-state index contributed by atoms with van der Waals surface area (Å²) in [6, 6.07) is 7.97. The number of hydrogen-bond donors (Lipinski definition) is 1. The number of carbonyl (C=O) groups excluding carboxylic acids is 1. The Kier molecular flexibility index (Phi) is 7.91. The van der Waals surface area contributed by atoms with Crippen LogP contribution in [0.2, 0.25) is 5.02 Å². The van der Waals surface area contributed by atoms with Crippen molar-refractivity contribution in [1.29, 1.82) is 0 Å². The number of alkyl halides is 1.